The van der Waals surface area contributed by atoms with Gasteiger partial charge in [-0.3, -0.25) is 4.79 Å². The molecule has 1 aromatic rings. The molecular formula is C10H17N3O. The maximum absolute atomic E-state index is 11.5. The standard InChI is InChI=1S/C10H17N3O/c1-8(6-12(2)3)13-7-9(11)4-5-10(13)14/h4-5,7-8H,6,11H2,1-3H3. The maximum atomic E-state index is 11.5. The number of likely N-dealkylation sites (N-methyl/N-ethyl adjacent to an activating group) is 1. The van der Waals surface area contributed by atoms with Crippen LogP contribution in [0.15, 0.2) is 23.1 Å². The van der Waals surface area contributed by atoms with Gasteiger partial charge >= 0.3 is 0 Å². The van der Waals surface area contributed by atoms with Gasteiger partial charge < -0.3 is 15.2 Å². The molecule has 1 unspecified atom stereocenters. The zero-order valence-corrected chi connectivity index (χ0v) is 8.90. The second-order valence-electron chi connectivity index (χ2n) is 3.82. The van der Waals surface area contributed by atoms with Crippen LogP contribution in [0, 0.1) is 0 Å². The molecule has 0 saturated heterocycles. The molecule has 0 aromatic carbocycles. The number of hydrogen-bond donors (Lipinski definition) is 1. The number of hydrogen-bond acceptors (Lipinski definition) is 3. The number of nitrogens with two attached hydrogens (primary N) is 1. The van der Waals surface area contributed by atoms with E-state index < -0.39 is 0 Å². The first kappa shape index (κ1) is 10.8. The highest BCUT2D eigenvalue weighted by Gasteiger charge is 2.07. The van der Waals surface area contributed by atoms with Crippen molar-refractivity contribution in [3.05, 3.63) is 28.7 Å². The lowest BCUT2D eigenvalue weighted by molar-refractivity contribution is 0.333. The van der Waals surface area contributed by atoms with Crippen LogP contribution in [0.4, 0.5) is 5.69 Å². The van der Waals surface area contributed by atoms with E-state index in [-0.39, 0.29) is 11.6 Å². The molecule has 0 amide bonds. The molecule has 4 heteroatoms. The summed E-state index contributed by atoms with van der Waals surface area (Å²) in [5, 5.41) is 0. The lowest BCUT2D eigenvalue weighted by atomic mass is 10.3. The zero-order chi connectivity index (χ0) is 10.7. The quantitative estimate of drug-likeness (QED) is 0.766. The minimum absolute atomic E-state index is 0.00597. The van der Waals surface area contributed by atoms with Crippen LogP contribution < -0.4 is 11.3 Å². The molecule has 1 aromatic heterocycles. The van der Waals surface area contributed by atoms with E-state index in [1.807, 2.05) is 25.9 Å². The molecule has 14 heavy (non-hydrogen) atoms. The third-order valence-electron chi connectivity index (χ3n) is 2.07. The van der Waals surface area contributed by atoms with Gasteiger partial charge in [-0.05, 0) is 27.1 Å². The Labute approximate surface area is 83.9 Å². The highest BCUT2D eigenvalue weighted by atomic mass is 16.1. The van der Waals surface area contributed by atoms with Crippen molar-refractivity contribution in [3.8, 4) is 0 Å². The number of rotatable bonds is 3. The van der Waals surface area contributed by atoms with Gasteiger partial charge in [-0.25, -0.2) is 0 Å². The van der Waals surface area contributed by atoms with Crippen molar-refractivity contribution in [2.75, 3.05) is 26.4 Å². The van der Waals surface area contributed by atoms with Crippen molar-refractivity contribution < 1.29 is 0 Å². The second kappa shape index (κ2) is 4.28. The van der Waals surface area contributed by atoms with E-state index in [1.54, 1.807) is 16.8 Å². The zero-order valence-electron chi connectivity index (χ0n) is 8.90. The van der Waals surface area contributed by atoms with E-state index in [1.165, 1.54) is 6.07 Å². The summed E-state index contributed by atoms with van der Waals surface area (Å²) in [6.07, 6.45) is 1.69. The number of anilines is 1. The van der Waals surface area contributed by atoms with Crippen molar-refractivity contribution >= 4 is 5.69 Å². The molecular weight excluding hydrogens is 178 g/mol. The van der Waals surface area contributed by atoms with Crippen molar-refractivity contribution in [2.24, 2.45) is 0 Å². The van der Waals surface area contributed by atoms with Gasteiger partial charge in [0.05, 0.1) is 0 Å². The summed E-state index contributed by atoms with van der Waals surface area (Å²) in [4.78, 5) is 13.5. The van der Waals surface area contributed by atoms with Crippen LogP contribution in [-0.4, -0.2) is 30.1 Å². The van der Waals surface area contributed by atoms with Crippen molar-refractivity contribution in [1.82, 2.24) is 9.47 Å². The Balaban J connectivity index is 2.94. The van der Waals surface area contributed by atoms with Crippen molar-refractivity contribution in [2.45, 2.75) is 13.0 Å². The predicted molar refractivity (Wildman–Crippen MR) is 58.4 cm³/mol. The van der Waals surface area contributed by atoms with E-state index >= 15 is 0 Å². The summed E-state index contributed by atoms with van der Waals surface area (Å²) >= 11 is 0. The molecule has 2 N–H and O–H groups in total. The molecule has 1 rings (SSSR count). The van der Waals surface area contributed by atoms with Crippen LogP contribution in [0.5, 0.6) is 0 Å². The summed E-state index contributed by atoms with van der Waals surface area (Å²) in [7, 11) is 3.96. The average Bonchev–Trinajstić information content (AvgIpc) is 2.08. The van der Waals surface area contributed by atoms with Crippen molar-refractivity contribution in [1.29, 1.82) is 0 Å². The molecule has 0 fully saturated rings. The average molecular weight is 195 g/mol. The first-order valence-corrected chi connectivity index (χ1v) is 4.63. The Morgan fingerprint density at radius 2 is 2.14 bits per heavy atom. The van der Waals surface area contributed by atoms with E-state index in [4.69, 9.17) is 5.73 Å². The Bertz CT molecular complexity index is 357. The lowest BCUT2D eigenvalue weighted by Gasteiger charge is -2.19. The molecule has 0 radical (unpaired) electrons. The molecule has 1 atom stereocenters. The van der Waals surface area contributed by atoms with E-state index in [0.717, 1.165) is 6.54 Å². The van der Waals surface area contributed by atoms with Crippen LogP contribution in [-0.2, 0) is 0 Å². The molecule has 4 nitrogen and oxygen atoms in total. The monoisotopic (exact) mass is 195 g/mol. The molecule has 0 saturated carbocycles. The first-order valence-electron chi connectivity index (χ1n) is 4.63. The second-order valence-corrected chi connectivity index (χ2v) is 3.82. The van der Waals surface area contributed by atoms with Crippen LogP contribution in [0.1, 0.15) is 13.0 Å². The smallest absolute Gasteiger partial charge is 0.250 e. The fraction of sp³-hybridized carbons (Fsp3) is 0.500. The molecule has 1 heterocycles. The summed E-state index contributed by atoms with van der Waals surface area (Å²) < 4.78 is 1.66. The van der Waals surface area contributed by atoms with E-state index in [2.05, 4.69) is 0 Å². The normalized spacial score (nSPS) is 13.1. The summed E-state index contributed by atoms with van der Waals surface area (Å²) in [5.41, 5.74) is 6.24. The van der Waals surface area contributed by atoms with Gasteiger partial charge in [0.15, 0.2) is 0 Å². The first-order chi connectivity index (χ1) is 6.50. The minimum atomic E-state index is -0.00597. The molecule has 0 aliphatic rings. The van der Waals surface area contributed by atoms with Gasteiger partial charge in [0.1, 0.15) is 0 Å². The van der Waals surface area contributed by atoms with Gasteiger partial charge in [0, 0.05) is 30.5 Å². The van der Waals surface area contributed by atoms with Crippen LogP contribution >= 0.6 is 0 Å². The number of nitrogen functional groups attached to an aromatic ring is 1. The molecule has 0 bridgehead atoms. The number of nitrogens with zero attached hydrogens (tertiary/aromatic N) is 2. The largest absolute Gasteiger partial charge is 0.398 e. The number of aromatic nitrogens is 1. The third-order valence-corrected chi connectivity index (χ3v) is 2.07. The Morgan fingerprint density at radius 3 is 2.71 bits per heavy atom. The van der Waals surface area contributed by atoms with Gasteiger partial charge in [-0.2, -0.15) is 0 Å². The summed E-state index contributed by atoms with van der Waals surface area (Å²) in [6, 6.07) is 3.27. The highest BCUT2D eigenvalue weighted by molar-refractivity contribution is 5.33. The predicted octanol–water partition coefficient (Wildman–Crippen LogP) is 0.553. The SMILES string of the molecule is CC(CN(C)C)n1cc(N)ccc1=O. The molecule has 78 valence electrons. The van der Waals surface area contributed by atoms with Crippen LogP contribution in [0.2, 0.25) is 0 Å². The van der Waals surface area contributed by atoms with Gasteiger partial charge in [0.2, 0.25) is 0 Å². The Morgan fingerprint density at radius 1 is 1.50 bits per heavy atom. The van der Waals surface area contributed by atoms with Crippen molar-refractivity contribution in [3.63, 3.8) is 0 Å². The highest BCUT2D eigenvalue weighted by Crippen LogP contribution is 2.05. The fourth-order valence-electron chi connectivity index (χ4n) is 1.48. The van der Waals surface area contributed by atoms with E-state index in [0.29, 0.717) is 5.69 Å². The number of pyridine rings is 1. The van der Waals surface area contributed by atoms with Crippen LogP contribution in [0.25, 0.3) is 0 Å². The fourth-order valence-corrected chi connectivity index (χ4v) is 1.48. The topological polar surface area (TPSA) is 51.3 Å². The molecule has 0 spiro atoms. The van der Waals surface area contributed by atoms with Crippen LogP contribution in [0.3, 0.4) is 0 Å². The summed E-state index contributed by atoms with van der Waals surface area (Å²) in [6.45, 7) is 2.82. The van der Waals surface area contributed by atoms with Gasteiger partial charge in [-0.15, -0.1) is 0 Å². The Hall–Kier alpha value is -1.29. The van der Waals surface area contributed by atoms with Gasteiger partial charge in [-0.1, -0.05) is 0 Å². The molecule has 0 aliphatic heterocycles. The summed E-state index contributed by atoms with van der Waals surface area (Å²) in [5.74, 6) is 0. The maximum Gasteiger partial charge on any atom is 0.250 e. The molecule has 0 aliphatic carbocycles. The lowest BCUT2D eigenvalue weighted by Crippen LogP contribution is -2.29. The Kier molecular flexibility index (Phi) is 3.30. The third kappa shape index (κ3) is 2.60. The van der Waals surface area contributed by atoms with E-state index in [9.17, 15) is 4.79 Å². The minimum Gasteiger partial charge on any atom is -0.398 e. The van der Waals surface area contributed by atoms with Gasteiger partial charge in [0.25, 0.3) is 5.56 Å².